The number of sulfonamides is 2. The first-order valence-electron chi connectivity index (χ1n) is 13.2. The van der Waals surface area contributed by atoms with Gasteiger partial charge in [-0.05, 0) is 76.4 Å². The van der Waals surface area contributed by atoms with Gasteiger partial charge in [-0.1, -0.05) is 17.7 Å². The SMILES string of the molecule is CC(C)(C[C@H]1CN(S(=O)(=O)c2ccc(F)c(Cl)c2)c2cc(CC(=O)OC(C)(C)C(F)(F)F)ccc2O1)NS(=O)(=O)C1CC1. The van der Waals surface area contributed by atoms with Crippen LogP contribution in [0.25, 0.3) is 0 Å². The van der Waals surface area contributed by atoms with Crippen molar-refractivity contribution in [1.82, 2.24) is 4.72 Å². The van der Waals surface area contributed by atoms with E-state index in [9.17, 15) is 39.2 Å². The number of carbonyl (C=O) groups excluding carboxylic acids is 1. The molecule has 1 fully saturated rings. The van der Waals surface area contributed by atoms with Crippen LogP contribution in [0.1, 0.15) is 52.5 Å². The number of rotatable bonds is 10. The third kappa shape index (κ3) is 7.55. The number of esters is 1. The van der Waals surface area contributed by atoms with Gasteiger partial charge in [0.15, 0.2) is 0 Å². The van der Waals surface area contributed by atoms with Crippen molar-refractivity contribution in [2.75, 3.05) is 10.8 Å². The Hall–Kier alpha value is -2.62. The van der Waals surface area contributed by atoms with E-state index in [-0.39, 0.29) is 34.9 Å². The maximum Gasteiger partial charge on any atom is 0.427 e. The Balaban J connectivity index is 1.67. The van der Waals surface area contributed by atoms with Crippen LogP contribution in [0.5, 0.6) is 5.75 Å². The van der Waals surface area contributed by atoms with Crippen molar-refractivity contribution < 1.29 is 48.7 Å². The van der Waals surface area contributed by atoms with Crippen LogP contribution in [-0.4, -0.2) is 58.0 Å². The largest absolute Gasteiger partial charge is 0.486 e. The Bertz CT molecular complexity index is 1630. The van der Waals surface area contributed by atoms with Crippen LogP contribution in [0.15, 0.2) is 41.3 Å². The minimum absolute atomic E-state index is 0.0338. The Morgan fingerprint density at radius 3 is 2.30 bits per heavy atom. The Morgan fingerprint density at radius 1 is 1.07 bits per heavy atom. The monoisotopic (exact) mass is 670 g/mol. The van der Waals surface area contributed by atoms with Gasteiger partial charge in [0.2, 0.25) is 15.6 Å². The highest BCUT2D eigenvalue weighted by molar-refractivity contribution is 7.92. The zero-order valence-corrected chi connectivity index (χ0v) is 26.1. The topological polar surface area (TPSA) is 119 Å². The van der Waals surface area contributed by atoms with E-state index in [1.165, 1.54) is 18.2 Å². The lowest BCUT2D eigenvalue weighted by Crippen LogP contribution is -2.51. The minimum Gasteiger partial charge on any atom is -0.486 e. The number of ether oxygens (including phenoxy) is 2. The van der Waals surface area contributed by atoms with Crippen molar-refractivity contribution in [1.29, 1.82) is 0 Å². The van der Waals surface area contributed by atoms with E-state index in [4.69, 9.17) is 16.3 Å². The number of benzene rings is 2. The van der Waals surface area contributed by atoms with Crippen molar-refractivity contribution in [3.63, 3.8) is 0 Å². The summed E-state index contributed by atoms with van der Waals surface area (Å²) in [7, 11) is -8.03. The molecule has 0 aromatic heterocycles. The standard InChI is InChI=1S/C27H31ClF4N2O7S2/c1-25(2,33-42(36,37)18-6-7-18)14-17-15-34(43(38,39)19-8-9-21(29)20(28)13-19)22-11-16(5-10-23(22)40-17)12-24(35)41-26(3,4)27(30,31)32/h5,8-11,13,17-18,33H,6-7,12,14-15H2,1-4H3/t17-/m0/s1. The third-order valence-corrected chi connectivity index (χ3v) is 11.2. The number of nitrogens with zero attached hydrogens (tertiary/aromatic N) is 1. The lowest BCUT2D eigenvalue weighted by atomic mass is 9.97. The number of fused-ring (bicyclic) bond motifs is 1. The van der Waals surface area contributed by atoms with E-state index in [1.54, 1.807) is 13.8 Å². The molecule has 1 atom stereocenters. The molecule has 238 valence electrons. The number of carbonyl (C=O) groups is 1. The van der Waals surface area contributed by atoms with E-state index in [0.29, 0.717) is 26.7 Å². The van der Waals surface area contributed by atoms with Crippen LogP contribution in [0.4, 0.5) is 23.2 Å². The first-order valence-corrected chi connectivity index (χ1v) is 16.6. The molecule has 1 aliphatic heterocycles. The number of hydrogen-bond donors (Lipinski definition) is 1. The second-order valence-electron chi connectivity index (χ2n) is 11.7. The molecule has 0 spiro atoms. The highest BCUT2D eigenvalue weighted by Crippen LogP contribution is 2.40. The Morgan fingerprint density at radius 2 is 1.72 bits per heavy atom. The fraction of sp³-hybridized carbons (Fsp3) is 0.519. The summed E-state index contributed by atoms with van der Waals surface area (Å²) in [5, 5.41) is -0.919. The first-order chi connectivity index (χ1) is 19.6. The van der Waals surface area contributed by atoms with Crippen LogP contribution in [0.2, 0.25) is 5.02 Å². The summed E-state index contributed by atoms with van der Waals surface area (Å²) in [4.78, 5) is 12.0. The number of hydrogen-bond acceptors (Lipinski definition) is 7. The van der Waals surface area contributed by atoms with E-state index < -0.39 is 71.9 Å². The van der Waals surface area contributed by atoms with Crippen molar-refractivity contribution in [2.24, 2.45) is 0 Å². The molecule has 2 aliphatic rings. The number of halogens is 5. The molecule has 1 aliphatic carbocycles. The average molecular weight is 671 g/mol. The third-order valence-electron chi connectivity index (χ3n) is 6.95. The van der Waals surface area contributed by atoms with Gasteiger partial charge < -0.3 is 9.47 Å². The van der Waals surface area contributed by atoms with Crippen LogP contribution in [-0.2, 0) is 36.0 Å². The lowest BCUT2D eigenvalue weighted by Gasteiger charge is -2.39. The van der Waals surface area contributed by atoms with Gasteiger partial charge in [0, 0.05) is 12.0 Å². The molecular formula is C27H31ClF4N2O7S2. The second-order valence-corrected chi connectivity index (χ2v) is 16.0. The minimum atomic E-state index is -4.82. The van der Waals surface area contributed by atoms with Crippen molar-refractivity contribution >= 4 is 43.3 Å². The summed E-state index contributed by atoms with van der Waals surface area (Å²) in [6, 6.07) is 6.86. The normalized spacial score (nSPS) is 18.2. The summed E-state index contributed by atoms with van der Waals surface area (Å²) < 4.78 is 121. The van der Waals surface area contributed by atoms with Gasteiger partial charge >= 0.3 is 12.1 Å². The van der Waals surface area contributed by atoms with Crippen molar-refractivity contribution in [3.8, 4) is 5.75 Å². The molecule has 9 nitrogen and oxygen atoms in total. The molecule has 0 unspecified atom stereocenters. The first kappa shape index (κ1) is 33.3. The van der Waals surface area contributed by atoms with Crippen LogP contribution >= 0.6 is 11.6 Å². The molecular weight excluding hydrogens is 640 g/mol. The van der Waals surface area contributed by atoms with Gasteiger partial charge in [0.05, 0.1) is 33.8 Å². The van der Waals surface area contributed by atoms with Crippen LogP contribution in [0.3, 0.4) is 0 Å². The highest BCUT2D eigenvalue weighted by Gasteiger charge is 2.51. The fourth-order valence-electron chi connectivity index (χ4n) is 4.57. The van der Waals surface area contributed by atoms with Crippen molar-refractivity contribution in [2.45, 2.75) is 86.9 Å². The molecule has 2 aromatic carbocycles. The van der Waals surface area contributed by atoms with Gasteiger partial charge in [0.1, 0.15) is 17.7 Å². The Kier molecular flexibility index (Phi) is 8.81. The smallest absolute Gasteiger partial charge is 0.427 e. The summed E-state index contributed by atoms with van der Waals surface area (Å²) in [5.74, 6) is -1.98. The predicted molar refractivity (Wildman–Crippen MR) is 151 cm³/mol. The summed E-state index contributed by atoms with van der Waals surface area (Å²) >= 11 is 5.85. The zero-order valence-electron chi connectivity index (χ0n) is 23.7. The maximum absolute atomic E-state index is 13.8. The van der Waals surface area contributed by atoms with Gasteiger partial charge in [0.25, 0.3) is 10.0 Å². The lowest BCUT2D eigenvalue weighted by molar-refractivity contribution is -0.257. The number of alkyl halides is 3. The highest BCUT2D eigenvalue weighted by atomic mass is 35.5. The summed E-state index contributed by atoms with van der Waals surface area (Å²) in [6.45, 7) is 4.39. The molecule has 2 aromatic rings. The molecule has 1 heterocycles. The van der Waals surface area contributed by atoms with Gasteiger partial charge in [-0.25, -0.2) is 25.9 Å². The Labute approximate surface area is 252 Å². The molecule has 0 amide bonds. The fourth-order valence-corrected chi connectivity index (χ4v) is 8.12. The molecule has 1 N–H and O–H groups in total. The van der Waals surface area contributed by atoms with Gasteiger partial charge in [-0.15, -0.1) is 0 Å². The second kappa shape index (κ2) is 11.4. The van der Waals surface area contributed by atoms with E-state index in [1.807, 2.05) is 0 Å². The molecule has 0 bridgehead atoms. The van der Waals surface area contributed by atoms with Gasteiger partial charge in [-0.3, -0.25) is 9.10 Å². The molecule has 43 heavy (non-hydrogen) atoms. The van der Waals surface area contributed by atoms with Crippen LogP contribution < -0.4 is 13.8 Å². The van der Waals surface area contributed by atoms with Crippen molar-refractivity contribution in [3.05, 3.63) is 52.8 Å². The number of nitrogens with one attached hydrogen (secondary N) is 1. The average Bonchev–Trinajstić information content (AvgIpc) is 3.70. The molecule has 16 heteroatoms. The maximum atomic E-state index is 13.8. The number of anilines is 1. The predicted octanol–water partition coefficient (Wildman–Crippen LogP) is 5.11. The van der Waals surface area contributed by atoms with E-state index in [0.717, 1.165) is 22.5 Å². The molecule has 4 rings (SSSR count). The quantitative estimate of drug-likeness (QED) is 0.276. The molecule has 0 saturated heterocycles. The zero-order chi connectivity index (χ0) is 32.2. The molecule has 1 saturated carbocycles. The summed E-state index contributed by atoms with van der Waals surface area (Å²) in [5.41, 5.74) is -3.68. The van der Waals surface area contributed by atoms with Gasteiger partial charge in [-0.2, -0.15) is 13.2 Å². The van der Waals surface area contributed by atoms with Crippen LogP contribution in [0, 0.1) is 5.82 Å². The van der Waals surface area contributed by atoms with E-state index in [2.05, 4.69) is 9.46 Å². The van der Waals surface area contributed by atoms with E-state index >= 15 is 0 Å². The molecule has 0 radical (unpaired) electrons. The summed E-state index contributed by atoms with van der Waals surface area (Å²) in [6.07, 6.45) is -5.14.